The number of anilines is 1. The molecule has 5 heteroatoms. The van der Waals surface area contributed by atoms with Crippen LogP contribution in [0.4, 0.5) is 5.95 Å². The van der Waals surface area contributed by atoms with Crippen molar-refractivity contribution in [3.8, 4) is 5.69 Å². The van der Waals surface area contributed by atoms with Crippen LogP contribution >= 0.6 is 0 Å². The number of rotatable bonds is 7. The van der Waals surface area contributed by atoms with Gasteiger partial charge in [-0.1, -0.05) is 0 Å². The smallest absolute Gasteiger partial charge is 0.207 e. The molecule has 0 aliphatic rings. The maximum Gasteiger partial charge on any atom is 0.207 e. The summed E-state index contributed by atoms with van der Waals surface area (Å²) in [6.45, 7) is 6.37. The quantitative estimate of drug-likeness (QED) is 0.777. The standard InChI is InChI=1S/C14H20N4O/c1-3-19-10-4-7-15-14-16-8-9-18(14)13-6-5-12(2)17-11-13/h5-6,8-9,11H,3-4,7,10H2,1-2H3,(H,15,16). The Bertz CT molecular complexity index is 492. The van der Waals surface area contributed by atoms with Gasteiger partial charge in [-0.05, 0) is 32.4 Å². The van der Waals surface area contributed by atoms with E-state index in [1.807, 2.05) is 42.9 Å². The number of nitrogens with one attached hydrogen (secondary N) is 1. The first-order chi connectivity index (χ1) is 9.31. The van der Waals surface area contributed by atoms with Crippen LogP contribution in [0.15, 0.2) is 30.7 Å². The summed E-state index contributed by atoms with van der Waals surface area (Å²) in [6.07, 6.45) is 6.52. The number of ether oxygens (including phenoxy) is 1. The Kier molecular flexibility index (Phi) is 4.92. The second-order valence-electron chi connectivity index (χ2n) is 4.26. The molecule has 0 fully saturated rings. The Hall–Kier alpha value is -1.88. The van der Waals surface area contributed by atoms with Crippen LogP contribution in [0.2, 0.25) is 0 Å². The van der Waals surface area contributed by atoms with Gasteiger partial charge >= 0.3 is 0 Å². The van der Waals surface area contributed by atoms with Crippen LogP contribution in [0.5, 0.6) is 0 Å². The van der Waals surface area contributed by atoms with Crippen LogP contribution in [0, 0.1) is 6.92 Å². The van der Waals surface area contributed by atoms with Crippen LogP contribution in [0.1, 0.15) is 19.0 Å². The van der Waals surface area contributed by atoms with E-state index in [4.69, 9.17) is 4.74 Å². The number of imidazole rings is 1. The summed E-state index contributed by atoms with van der Waals surface area (Å²) in [5.41, 5.74) is 2.02. The molecule has 0 aliphatic carbocycles. The molecular weight excluding hydrogens is 240 g/mol. The van der Waals surface area contributed by atoms with Crippen molar-refractivity contribution in [1.82, 2.24) is 14.5 Å². The van der Waals surface area contributed by atoms with Gasteiger partial charge in [-0.3, -0.25) is 9.55 Å². The molecule has 0 amide bonds. The highest BCUT2D eigenvalue weighted by molar-refractivity contribution is 5.40. The molecule has 2 heterocycles. The summed E-state index contributed by atoms with van der Waals surface area (Å²) < 4.78 is 7.30. The van der Waals surface area contributed by atoms with Gasteiger partial charge in [0.15, 0.2) is 0 Å². The number of hydrogen-bond acceptors (Lipinski definition) is 4. The van der Waals surface area contributed by atoms with Gasteiger partial charge in [-0.2, -0.15) is 0 Å². The fourth-order valence-electron chi connectivity index (χ4n) is 1.76. The number of aromatic nitrogens is 3. The fourth-order valence-corrected chi connectivity index (χ4v) is 1.76. The lowest BCUT2D eigenvalue weighted by Crippen LogP contribution is -2.10. The summed E-state index contributed by atoms with van der Waals surface area (Å²) in [6, 6.07) is 4.03. The zero-order chi connectivity index (χ0) is 13.5. The molecule has 2 rings (SSSR count). The highest BCUT2D eigenvalue weighted by atomic mass is 16.5. The maximum absolute atomic E-state index is 5.30. The zero-order valence-electron chi connectivity index (χ0n) is 11.5. The molecule has 2 aromatic heterocycles. The number of aryl methyl sites for hydroxylation is 1. The van der Waals surface area contributed by atoms with Gasteiger partial charge in [0.25, 0.3) is 0 Å². The number of nitrogens with zero attached hydrogens (tertiary/aromatic N) is 3. The van der Waals surface area contributed by atoms with Crippen LogP contribution in [-0.2, 0) is 4.74 Å². The van der Waals surface area contributed by atoms with E-state index < -0.39 is 0 Å². The molecule has 0 radical (unpaired) electrons. The molecule has 0 saturated heterocycles. The summed E-state index contributed by atoms with van der Waals surface area (Å²) in [5, 5.41) is 3.31. The molecule has 0 aromatic carbocycles. The van der Waals surface area contributed by atoms with Crippen molar-refractivity contribution in [1.29, 1.82) is 0 Å². The monoisotopic (exact) mass is 260 g/mol. The summed E-state index contributed by atoms with van der Waals surface area (Å²) >= 11 is 0. The average Bonchev–Trinajstić information content (AvgIpc) is 2.88. The topological polar surface area (TPSA) is 52.0 Å². The Morgan fingerprint density at radius 1 is 1.32 bits per heavy atom. The molecule has 2 aromatic rings. The minimum atomic E-state index is 0.768. The Morgan fingerprint density at radius 2 is 2.21 bits per heavy atom. The van der Waals surface area contributed by atoms with Gasteiger partial charge < -0.3 is 10.1 Å². The van der Waals surface area contributed by atoms with E-state index in [1.54, 1.807) is 6.20 Å². The Labute approximate surface area is 113 Å². The Balaban J connectivity index is 1.96. The molecule has 1 N–H and O–H groups in total. The second-order valence-corrected chi connectivity index (χ2v) is 4.26. The molecule has 0 aliphatic heterocycles. The van der Waals surface area contributed by atoms with Gasteiger partial charge in [-0.25, -0.2) is 4.98 Å². The minimum absolute atomic E-state index is 0.768. The number of hydrogen-bond donors (Lipinski definition) is 1. The first-order valence-corrected chi connectivity index (χ1v) is 6.59. The summed E-state index contributed by atoms with van der Waals surface area (Å²) in [4.78, 5) is 8.62. The third-order valence-corrected chi connectivity index (χ3v) is 2.77. The molecule has 0 unspecified atom stereocenters. The summed E-state index contributed by atoms with van der Waals surface area (Å²) in [7, 11) is 0. The third kappa shape index (κ3) is 3.79. The first kappa shape index (κ1) is 13.5. The van der Waals surface area contributed by atoms with E-state index in [0.29, 0.717) is 0 Å². The van der Waals surface area contributed by atoms with Gasteiger partial charge in [0.05, 0.1) is 11.9 Å². The van der Waals surface area contributed by atoms with Crippen molar-refractivity contribution < 1.29 is 4.74 Å². The minimum Gasteiger partial charge on any atom is -0.382 e. The van der Waals surface area contributed by atoms with Crippen LogP contribution in [0.3, 0.4) is 0 Å². The fraction of sp³-hybridized carbons (Fsp3) is 0.429. The largest absolute Gasteiger partial charge is 0.382 e. The van der Waals surface area contributed by atoms with Crippen molar-refractivity contribution >= 4 is 5.95 Å². The van der Waals surface area contributed by atoms with Crippen molar-refractivity contribution in [3.05, 3.63) is 36.4 Å². The molecular formula is C14H20N4O. The van der Waals surface area contributed by atoms with Crippen molar-refractivity contribution in [3.63, 3.8) is 0 Å². The molecule has 0 spiro atoms. The molecule has 0 bridgehead atoms. The lowest BCUT2D eigenvalue weighted by Gasteiger charge is -2.09. The predicted molar refractivity (Wildman–Crippen MR) is 75.7 cm³/mol. The van der Waals surface area contributed by atoms with Gasteiger partial charge in [0, 0.05) is 37.8 Å². The van der Waals surface area contributed by atoms with Crippen molar-refractivity contribution in [2.45, 2.75) is 20.3 Å². The van der Waals surface area contributed by atoms with E-state index in [0.717, 1.165) is 43.5 Å². The van der Waals surface area contributed by atoms with E-state index in [9.17, 15) is 0 Å². The molecule has 0 atom stereocenters. The van der Waals surface area contributed by atoms with E-state index in [2.05, 4.69) is 15.3 Å². The molecule has 102 valence electrons. The number of pyridine rings is 1. The maximum atomic E-state index is 5.30. The highest BCUT2D eigenvalue weighted by Gasteiger charge is 2.04. The van der Waals surface area contributed by atoms with Crippen LogP contribution < -0.4 is 5.32 Å². The van der Waals surface area contributed by atoms with Gasteiger partial charge in [-0.15, -0.1) is 0 Å². The van der Waals surface area contributed by atoms with Gasteiger partial charge in [0.1, 0.15) is 0 Å². The highest BCUT2D eigenvalue weighted by Crippen LogP contribution is 2.13. The van der Waals surface area contributed by atoms with Crippen molar-refractivity contribution in [2.24, 2.45) is 0 Å². The molecule has 0 saturated carbocycles. The Morgan fingerprint density at radius 3 is 2.95 bits per heavy atom. The van der Waals surface area contributed by atoms with E-state index in [-0.39, 0.29) is 0 Å². The molecule has 19 heavy (non-hydrogen) atoms. The van der Waals surface area contributed by atoms with E-state index in [1.165, 1.54) is 0 Å². The zero-order valence-corrected chi connectivity index (χ0v) is 11.5. The average molecular weight is 260 g/mol. The normalized spacial score (nSPS) is 10.6. The lowest BCUT2D eigenvalue weighted by molar-refractivity contribution is 0.147. The van der Waals surface area contributed by atoms with Gasteiger partial charge in [0.2, 0.25) is 5.95 Å². The SMILES string of the molecule is CCOCCCNc1nccn1-c1ccc(C)nc1. The van der Waals surface area contributed by atoms with Crippen LogP contribution in [-0.4, -0.2) is 34.3 Å². The van der Waals surface area contributed by atoms with Crippen molar-refractivity contribution in [2.75, 3.05) is 25.1 Å². The lowest BCUT2D eigenvalue weighted by atomic mass is 10.3. The second kappa shape index (κ2) is 6.89. The molecule has 5 nitrogen and oxygen atoms in total. The first-order valence-electron chi connectivity index (χ1n) is 6.59. The third-order valence-electron chi connectivity index (χ3n) is 2.77. The predicted octanol–water partition coefficient (Wildman–Crippen LogP) is 2.41. The van der Waals surface area contributed by atoms with Crippen LogP contribution in [0.25, 0.3) is 5.69 Å². The summed E-state index contributed by atoms with van der Waals surface area (Å²) in [5.74, 6) is 0.835. The van der Waals surface area contributed by atoms with E-state index >= 15 is 0 Å².